The molecule has 0 radical (unpaired) electrons. The maximum absolute atomic E-state index is 9.79. The smallest absolute Gasteiger partial charge is 0.235 e. The number of isocyanates is 1. The number of hydrogen-bond acceptors (Lipinski definition) is 3. The van der Waals surface area contributed by atoms with Crippen LogP contribution in [0.5, 0.6) is 5.75 Å². The Hall–Kier alpha value is -1.60. The van der Waals surface area contributed by atoms with Gasteiger partial charge in [0.15, 0.2) is 0 Å². The Bertz CT molecular complexity index is 337. The van der Waals surface area contributed by atoms with Gasteiger partial charge in [0.05, 0.1) is 6.54 Å². The minimum absolute atomic E-state index is 0.357. The molecule has 0 saturated heterocycles. The van der Waals surface area contributed by atoms with E-state index in [1.807, 2.05) is 24.3 Å². The summed E-state index contributed by atoms with van der Waals surface area (Å²) in [6, 6.07) is 7.95. The third kappa shape index (κ3) is 3.96. The number of rotatable bonds is 5. The van der Waals surface area contributed by atoms with Crippen LogP contribution in [0, 0.1) is 0 Å². The SMILES string of the molecule is CC(C)c1ccc(OCCN=C=O)cc1. The molecule has 0 heterocycles. The van der Waals surface area contributed by atoms with E-state index in [0.29, 0.717) is 19.1 Å². The van der Waals surface area contributed by atoms with Gasteiger partial charge in [-0.05, 0) is 23.6 Å². The van der Waals surface area contributed by atoms with Crippen LogP contribution in [-0.2, 0) is 4.79 Å². The molecule has 1 rings (SSSR count). The van der Waals surface area contributed by atoms with Crippen LogP contribution in [-0.4, -0.2) is 19.2 Å². The molecule has 0 unspecified atom stereocenters. The molecule has 0 saturated carbocycles. The Morgan fingerprint density at radius 2 is 2.00 bits per heavy atom. The Morgan fingerprint density at radius 1 is 1.33 bits per heavy atom. The molecule has 0 aliphatic carbocycles. The third-order valence-electron chi connectivity index (χ3n) is 2.08. The van der Waals surface area contributed by atoms with E-state index in [0.717, 1.165) is 5.75 Å². The fourth-order valence-corrected chi connectivity index (χ4v) is 1.20. The average molecular weight is 205 g/mol. The molecule has 1 aromatic carbocycles. The molecule has 0 N–H and O–H groups in total. The van der Waals surface area contributed by atoms with Crippen LogP contribution in [0.4, 0.5) is 0 Å². The highest BCUT2D eigenvalue weighted by molar-refractivity contribution is 5.32. The second kappa shape index (κ2) is 5.99. The number of benzene rings is 1. The van der Waals surface area contributed by atoms with Gasteiger partial charge in [0.1, 0.15) is 12.4 Å². The molecule has 80 valence electrons. The van der Waals surface area contributed by atoms with Gasteiger partial charge < -0.3 is 4.74 Å². The summed E-state index contributed by atoms with van der Waals surface area (Å²) < 4.78 is 5.37. The average Bonchev–Trinajstić information content (AvgIpc) is 2.25. The summed E-state index contributed by atoms with van der Waals surface area (Å²) >= 11 is 0. The number of ether oxygens (including phenoxy) is 1. The van der Waals surface area contributed by atoms with Crippen molar-refractivity contribution in [2.45, 2.75) is 19.8 Å². The Kier molecular flexibility index (Phi) is 4.58. The molecular weight excluding hydrogens is 190 g/mol. The Balaban J connectivity index is 2.46. The molecule has 0 aliphatic rings. The largest absolute Gasteiger partial charge is 0.492 e. The first-order chi connectivity index (χ1) is 7.24. The Labute approximate surface area is 89.8 Å². The van der Waals surface area contributed by atoms with Crippen LogP contribution in [0.15, 0.2) is 29.3 Å². The molecule has 0 amide bonds. The van der Waals surface area contributed by atoms with E-state index in [1.54, 1.807) is 0 Å². The van der Waals surface area contributed by atoms with E-state index in [1.165, 1.54) is 11.6 Å². The second-order valence-corrected chi connectivity index (χ2v) is 3.55. The summed E-state index contributed by atoms with van der Waals surface area (Å²) in [6.45, 7) is 5.06. The molecule has 0 aromatic heterocycles. The van der Waals surface area contributed by atoms with Gasteiger partial charge in [-0.1, -0.05) is 26.0 Å². The molecule has 0 atom stereocenters. The standard InChI is InChI=1S/C12H15NO2/c1-10(2)11-3-5-12(6-4-11)15-8-7-13-9-14/h3-6,10H,7-8H2,1-2H3. The van der Waals surface area contributed by atoms with Crippen LogP contribution in [0.3, 0.4) is 0 Å². The molecule has 1 aromatic rings. The molecule has 0 bridgehead atoms. The monoisotopic (exact) mass is 205 g/mol. The maximum atomic E-state index is 9.79. The van der Waals surface area contributed by atoms with E-state index in [4.69, 9.17) is 4.74 Å². The maximum Gasteiger partial charge on any atom is 0.235 e. The van der Waals surface area contributed by atoms with Crippen molar-refractivity contribution in [1.82, 2.24) is 0 Å². The van der Waals surface area contributed by atoms with E-state index < -0.39 is 0 Å². The highest BCUT2D eigenvalue weighted by Gasteiger charge is 1.98. The highest BCUT2D eigenvalue weighted by Crippen LogP contribution is 2.18. The van der Waals surface area contributed by atoms with E-state index >= 15 is 0 Å². The lowest BCUT2D eigenvalue weighted by Crippen LogP contribution is -2.00. The number of nitrogens with zero attached hydrogens (tertiary/aromatic N) is 1. The summed E-state index contributed by atoms with van der Waals surface area (Å²) in [7, 11) is 0. The van der Waals surface area contributed by atoms with Gasteiger partial charge >= 0.3 is 0 Å². The topological polar surface area (TPSA) is 38.7 Å². The first-order valence-corrected chi connectivity index (χ1v) is 5.00. The second-order valence-electron chi connectivity index (χ2n) is 3.55. The van der Waals surface area contributed by atoms with Gasteiger partial charge in [0, 0.05) is 0 Å². The number of carbonyl (C=O) groups excluding carboxylic acids is 1. The molecule has 0 aliphatic heterocycles. The molecule has 0 fully saturated rings. The van der Waals surface area contributed by atoms with Gasteiger partial charge in [-0.2, -0.15) is 0 Å². The van der Waals surface area contributed by atoms with Crippen molar-refractivity contribution in [3.63, 3.8) is 0 Å². The summed E-state index contributed by atoms with van der Waals surface area (Å²) in [5.74, 6) is 1.33. The molecule has 0 spiro atoms. The van der Waals surface area contributed by atoms with Crippen LogP contribution in [0.2, 0.25) is 0 Å². The predicted octanol–water partition coefficient (Wildman–Crippen LogP) is 2.52. The first-order valence-electron chi connectivity index (χ1n) is 5.00. The lowest BCUT2D eigenvalue weighted by molar-refractivity contribution is 0.328. The van der Waals surface area contributed by atoms with Crippen LogP contribution >= 0.6 is 0 Å². The normalized spacial score (nSPS) is 9.80. The fraction of sp³-hybridized carbons (Fsp3) is 0.417. The van der Waals surface area contributed by atoms with E-state index in [2.05, 4.69) is 18.8 Å². The van der Waals surface area contributed by atoms with Gasteiger partial charge in [-0.15, -0.1) is 0 Å². The molecule has 3 heteroatoms. The zero-order valence-electron chi connectivity index (χ0n) is 9.06. The fourth-order valence-electron chi connectivity index (χ4n) is 1.20. The van der Waals surface area contributed by atoms with Gasteiger partial charge in [0.2, 0.25) is 6.08 Å². The van der Waals surface area contributed by atoms with Crippen LogP contribution in [0.25, 0.3) is 0 Å². The van der Waals surface area contributed by atoms with Gasteiger partial charge in [-0.3, -0.25) is 0 Å². The van der Waals surface area contributed by atoms with Crippen molar-refractivity contribution in [3.05, 3.63) is 29.8 Å². The first kappa shape index (κ1) is 11.5. The van der Waals surface area contributed by atoms with Crippen LogP contribution in [0.1, 0.15) is 25.3 Å². The third-order valence-corrected chi connectivity index (χ3v) is 2.08. The molecule has 3 nitrogen and oxygen atoms in total. The Morgan fingerprint density at radius 3 is 2.53 bits per heavy atom. The predicted molar refractivity (Wildman–Crippen MR) is 59.0 cm³/mol. The van der Waals surface area contributed by atoms with Gasteiger partial charge in [0.25, 0.3) is 0 Å². The zero-order chi connectivity index (χ0) is 11.1. The van der Waals surface area contributed by atoms with Crippen molar-refractivity contribution in [2.75, 3.05) is 13.2 Å². The highest BCUT2D eigenvalue weighted by atomic mass is 16.5. The molecule has 15 heavy (non-hydrogen) atoms. The quantitative estimate of drug-likeness (QED) is 0.421. The van der Waals surface area contributed by atoms with Crippen molar-refractivity contribution in [2.24, 2.45) is 4.99 Å². The van der Waals surface area contributed by atoms with E-state index in [9.17, 15) is 4.79 Å². The van der Waals surface area contributed by atoms with Crippen molar-refractivity contribution in [3.8, 4) is 5.75 Å². The van der Waals surface area contributed by atoms with Crippen LogP contribution < -0.4 is 4.74 Å². The van der Waals surface area contributed by atoms with Crippen molar-refractivity contribution < 1.29 is 9.53 Å². The molecular formula is C12H15NO2. The summed E-state index contributed by atoms with van der Waals surface area (Å²) in [6.07, 6.45) is 1.47. The lowest BCUT2D eigenvalue weighted by atomic mass is 10.0. The van der Waals surface area contributed by atoms with Crippen molar-refractivity contribution >= 4 is 6.08 Å². The summed E-state index contributed by atoms with van der Waals surface area (Å²) in [4.78, 5) is 13.2. The number of aliphatic imine (C=N–C) groups is 1. The zero-order valence-corrected chi connectivity index (χ0v) is 9.06. The van der Waals surface area contributed by atoms with Gasteiger partial charge in [-0.25, -0.2) is 9.79 Å². The van der Waals surface area contributed by atoms with Crippen molar-refractivity contribution in [1.29, 1.82) is 0 Å². The summed E-state index contributed by atoms with van der Waals surface area (Å²) in [5, 5.41) is 0. The van der Waals surface area contributed by atoms with E-state index in [-0.39, 0.29) is 0 Å². The minimum atomic E-state index is 0.357. The minimum Gasteiger partial charge on any atom is -0.492 e. The lowest BCUT2D eigenvalue weighted by Gasteiger charge is -2.07. The summed E-state index contributed by atoms with van der Waals surface area (Å²) in [5.41, 5.74) is 1.29. The number of hydrogen-bond donors (Lipinski definition) is 0.